The second-order valence-electron chi connectivity index (χ2n) is 1.23. The monoisotopic (exact) mass is 113 g/mol. The van der Waals surface area contributed by atoms with Gasteiger partial charge in [-0.2, -0.15) is 0 Å². The van der Waals surface area contributed by atoms with Crippen molar-refractivity contribution in [2.75, 3.05) is 0 Å². The van der Waals surface area contributed by atoms with Crippen molar-refractivity contribution < 1.29 is 0 Å². The fourth-order valence-electron chi connectivity index (χ4n) is 0.298. The molecule has 0 aliphatic rings. The van der Waals surface area contributed by atoms with Gasteiger partial charge in [0.05, 0.1) is 0 Å². The van der Waals surface area contributed by atoms with E-state index < -0.39 is 0 Å². The van der Waals surface area contributed by atoms with E-state index in [1.165, 1.54) is 0 Å². The van der Waals surface area contributed by atoms with Gasteiger partial charge in [0.2, 0.25) is 0 Å². The number of thiocarbonyl (C=S) groups is 1. The minimum absolute atomic E-state index is 0.809. The van der Waals surface area contributed by atoms with Crippen molar-refractivity contribution in [2.24, 2.45) is 0 Å². The van der Waals surface area contributed by atoms with E-state index in [4.69, 9.17) is 0 Å². The molecular weight excluding hydrogens is 104 g/mol. The normalized spacial score (nSPS) is 9.86. The predicted octanol–water partition coefficient (Wildman–Crippen LogP) is 2.22. The fourth-order valence-corrected chi connectivity index (χ4v) is 0.394. The Kier molecular flexibility index (Phi) is 5.69. The highest BCUT2D eigenvalue weighted by atomic mass is 32.1. The molecule has 0 rings (SSSR count). The minimum Gasteiger partial charge on any atom is -0.0884 e. The van der Waals surface area contributed by atoms with Crippen LogP contribution < -0.4 is 0 Å². The van der Waals surface area contributed by atoms with Crippen molar-refractivity contribution in [3.8, 4) is 0 Å². The van der Waals surface area contributed by atoms with Gasteiger partial charge in [0.25, 0.3) is 0 Å². The lowest BCUT2D eigenvalue weighted by Gasteiger charge is -1.73. The first-order valence-corrected chi connectivity index (χ1v) is 2.82. The van der Waals surface area contributed by atoms with Crippen LogP contribution in [0, 0.1) is 0 Å². The van der Waals surface area contributed by atoms with E-state index in [9.17, 15) is 0 Å². The Morgan fingerprint density at radius 3 is 2.71 bits per heavy atom. The van der Waals surface area contributed by atoms with Crippen LogP contribution in [0.1, 0.15) is 19.8 Å². The summed E-state index contributed by atoms with van der Waals surface area (Å²) in [6, 6.07) is 0. The Balaban J connectivity index is 2.92. The largest absolute Gasteiger partial charge is 0.0884 e. The van der Waals surface area contributed by atoms with Crippen molar-refractivity contribution in [2.45, 2.75) is 19.8 Å². The standard InChI is InChI=1S/C6H9S/c1-2-3-4-5-6-7/h3-4H,2,5H2,1H3. The molecule has 0 saturated carbocycles. The minimum atomic E-state index is 0.809. The summed E-state index contributed by atoms with van der Waals surface area (Å²) in [7, 11) is 0. The van der Waals surface area contributed by atoms with E-state index in [-0.39, 0.29) is 0 Å². The molecule has 39 valence electrons. The average molecular weight is 113 g/mol. The SMILES string of the molecule is CCC=CC[C]=S. The molecule has 0 aliphatic heterocycles. The predicted molar refractivity (Wildman–Crippen MR) is 36.6 cm³/mol. The molecule has 1 radical (unpaired) electrons. The lowest BCUT2D eigenvalue weighted by atomic mass is 10.4. The summed E-state index contributed by atoms with van der Waals surface area (Å²) in [6.45, 7) is 2.10. The van der Waals surface area contributed by atoms with Crippen LogP contribution in [0.15, 0.2) is 12.2 Å². The van der Waals surface area contributed by atoms with Crippen LogP contribution in [0.5, 0.6) is 0 Å². The highest BCUT2D eigenvalue weighted by Gasteiger charge is 1.65. The van der Waals surface area contributed by atoms with Gasteiger partial charge < -0.3 is 0 Å². The zero-order valence-electron chi connectivity index (χ0n) is 4.48. The zero-order chi connectivity index (χ0) is 5.54. The number of rotatable bonds is 3. The Hall–Kier alpha value is -0.170. The maximum atomic E-state index is 4.46. The van der Waals surface area contributed by atoms with Gasteiger partial charge >= 0.3 is 0 Å². The van der Waals surface area contributed by atoms with E-state index in [2.05, 4.69) is 30.6 Å². The highest BCUT2D eigenvalue weighted by Crippen LogP contribution is 1.81. The summed E-state index contributed by atoms with van der Waals surface area (Å²) in [6.07, 6.45) is 6.01. The van der Waals surface area contributed by atoms with E-state index in [1.807, 2.05) is 6.08 Å². The van der Waals surface area contributed by atoms with Gasteiger partial charge in [-0.3, -0.25) is 0 Å². The lowest BCUT2D eigenvalue weighted by molar-refractivity contribution is 1.21. The molecule has 0 fully saturated rings. The third-order valence-corrected chi connectivity index (χ3v) is 0.770. The molecule has 0 aliphatic carbocycles. The van der Waals surface area contributed by atoms with Crippen LogP contribution in [0.4, 0.5) is 0 Å². The summed E-state index contributed by atoms with van der Waals surface area (Å²) in [5.41, 5.74) is 0. The van der Waals surface area contributed by atoms with E-state index in [1.54, 1.807) is 0 Å². The molecule has 0 atom stereocenters. The van der Waals surface area contributed by atoms with Crippen LogP contribution in [-0.2, 0) is 0 Å². The Morgan fingerprint density at radius 2 is 2.29 bits per heavy atom. The van der Waals surface area contributed by atoms with Gasteiger partial charge in [0, 0.05) is 11.8 Å². The topological polar surface area (TPSA) is 0 Å². The van der Waals surface area contributed by atoms with Gasteiger partial charge in [-0.05, 0) is 6.42 Å². The van der Waals surface area contributed by atoms with Gasteiger partial charge in [-0.15, -0.1) is 0 Å². The molecule has 1 heteroatoms. The third-order valence-electron chi connectivity index (χ3n) is 0.604. The van der Waals surface area contributed by atoms with Crippen molar-refractivity contribution in [1.29, 1.82) is 0 Å². The van der Waals surface area contributed by atoms with E-state index in [0.717, 1.165) is 12.8 Å². The van der Waals surface area contributed by atoms with Crippen molar-refractivity contribution >= 4 is 17.6 Å². The molecule has 0 bridgehead atoms. The van der Waals surface area contributed by atoms with Crippen molar-refractivity contribution in [1.82, 2.24) is 0 Å². The molecule has 0 N–H and O–H groups in total. The number of allylic oxidation sites excluding steroid dienone is 2. The van der Waals surface area contributed by atoms with E-state index in [0.29, 0.717) is 0 Å². The maximum absolute atomic E-state index is 4.46. The first kappa shape index (κ1) is 6.83. The molecular formula is C6H9S. The molecule has 0 amide bonds. The van der Waals surface area contributed by atoms with Crippen LogP contribution in [0.25, 0.3) is 0 Å². The average Bonchev–Trinajstić information content (AvgIpc) is 1.69. The smallest absolute Gasteiger partial charge is 0.0332 e. The van der Waals surface area contributed by atoms with Gasteiger partial charge in [0.15, 0.2) is 0 Å². The second-order valence-corrected chi connectivity index (χ2v) is 1.52. The maximum Gasteiger partial charge on any atom is 0.0332 e. The molecule has 0 heterocycles. The summed E-state index contributed by atoms with van der Waals surface area (Å²) in [5.74, 6) is 0. The number of hydrogen-bond acceptors (Lipinski definition) is 1. The molecule has 0 aromatic carbocycles. The molecule has 0 nitrogen and oxygen atoms in total. The molecule has 0 aromatic rings. The Morgan fingerprint density at radius 1 is 1.57 bits per heavy atom. The summed E-state index contributed by atoms with van der Waals surface area (Å²) < 4.78 is 0. The molecule has 0 unspecified atom stereocenters. The van der Waals surface area contributed by atoms with Gasteiger partial charge in [0.1, 0.15) is 0 Å². The zero-order valence-corrected chi connectivity index (χ0v) is 5.29. The third kappa shape index (κ3) is 5.83. The second kappa shape index (κ2) is 5.83. The Bertz CT molecular complexity index is 64.6. The van der Waals surface area contributed by atoms with Gasteiger partial charge in [-0.25, -0.2) is 0 Å². The molecule has 0 aromatic heterocycles. The first-order valence-electron chi connectivity index (χ1n) is 2.41. The summed E-state index contributed by atoms with van der Waals surface area (Å²) >= 11 is 4.46. The van der Waals surface area contributed by atoms with Gasteiger partial charge in [-0.1, -0.05) is 31.3 Å². The number of hydrogen-bond donors (Lipinski definition) is 0. The van der Waals surface area contributed by atoms with Crippen molar-refractivity contribution in [3.63, 3.8) is 0 Å². The quantitative estimate of drug-likeness (QED) is 0.399. The van der Waals surface area contributed by atoms with Crippen molar-refractivity contribution in [3.05, 3.63) is 12.2 Å². The van der Waals surface area contributed by atoms with Crippen LogP contribution >= 0.6 is 12.2 Å². The van der Waals surface area contributed by atoms with Crippen LogP contribution in [0.3, 0.4) is 0 Å². The summed E-state index contributed by atoms with van der Waals surface area (Å²) in [4.78, 5) is 0. The van der Waals surface area contributed by atoms with Crippen LogP contribution in [0.2, 0.25) is 0 Å². The fraction of sp³-hybridized carbons (Fsp3) is 0.500. The molecule has 0 saturated heterocycles. The van der Waals surface area contributed by atoms with Crippen LogP contribution in [-0.4, -0.2) is 5.37 Å². The molecule has 0 spiro atoms. The van der Waals surface area contributed by atoms with E-state index >= 15 is 0 Å². The highest BCUT2D eigenvalue weighted by molar-refractivity contribution is 7.78. The Labute approximate surface area is 50.2 Å². The summed E-state index contributed by atoms with van der Waals surface area (Å²) in [5, 5.41) is 2.60. The lowest BCUT2D eigenvalue weighted by Crippen LogP contribution is -1.60. The first-order chi connectivity index (χ1) is 3.41. The molecule has 7 heavy (non-hydrogen) atoms.